The molecule has 0 aliphatic carbocycles. The second kappa shape index (κ2) is 9.50. The summed E-state index contributed by atoms with van der Waals surface area (Å²) in [5, 5.41) is 1.59. The van der Waals surface area contributed by atoms with Crippen molar-refractivity contribution in [3.05, 3.63) is 89.2 Å². The zero-order valence-electron chi connectivity index (χ0n) is 18.1. The van der Waals surface area contributed by atoms with Gasteiger partial charge in [0.1, 0.15) is 18.0 Å². The first-order chi connectivity index (χ1) is 16.2. The molecule has 1 aliphatic rings. The molecule has 33 heavy (non-hydrogen) atoms. The second-order valence-electron chi connectivity index (χ2n) is 8.02. The summed E-state index contributed by atoms with van der Waals surface area (Å²) in [6.07, 6.45) is 6.17. The first-order valence-electron chi connectivity index (χ1n) is 11.0. The third-order valence-corrected chi connectivity index (χ3v) is 6.07. The second-order valence-corrected chi connectivity index (χ2v) is 8.45. The van der Waals surface area contributed by atoms with Gasteiger partial charge in [-0.2, -0.15) is 0 Å². The molecule has 2 aromatic carbocycles. The molecule has 2 aromatic heterocycles. The van der Waals surface area contributed by atoms with Crippen LogP contribution in [0.25, 0.3) is 10.9 Å². The lowest BCUT2D eigenvalue weighted by Gasteiger charge is -2.36. The molecule has 1 amide bonds. The molecule has 0 radical (unpaired) electrons. The Bertz CT molecular complexity index is 1260. The number of fused-ring (bicyclic) bond motifs is 1. The summed E-state index contributed by atoms with van der Waals surface area (Å²) in [6.45, 7) is 2.55. The van der Waals surface area contributed by atoms with Crippen molar-refractivity contribution in [1.29, 1.82) is 0 Å². The molecule has 3 heterocycles. The van der Waals surface area contributed by atoms with E-state index in [-0.39, 0.29) is 5.91 Å². The predicted molar refractivity (Wildman–Crippen MR) is 129 cm³/mol. The number of rotatable bonds is 5. The van der Waals surface area contributed by atoms with Gasteiger partial charge in [-0.25, -0.2) is 19.9 Å². The number of hydrogen-bond acceptors (Lipinski definition) is 6. The lowest BCUT2D eigenvalue weighted by molar-refractivity contribution is 0.0745. The lowest BCUT2D eigenvalue weighted by Crippen LogP contribution is -2.49. The minimum Gasteiger partial charge on any atom is -0.352 e. The Labute approximate surface area is 197 Å². The molecule has 8 heteroatoms. The summed E-state index contributed by atoms with van der Waals surface area (Å²) >= 11 is 6.30. The van der Waals surface area contributed by atoms with Crippen molar-refractivity contribution in [2.24, 2.45) is 0 Å². The number of aromatic nitrogens is 4. The number of benzene rings is 2. The third kappa shape index (κ3) is 4.78. The van der Waals surface area contributed by atoms with Crippen LogP contribution in [0.5, 0.6) is 0 Å². The maximum atomic E-state index is 12.8. The monoisotopic (exact) mass is 458 g/mol. The fourth-order valence-electron chi connectivity index (χ4n) is 4.10. The maximum absolute atomic E-state index is 12.8. The van der Waals surface area contributed by atoms with Crippen molar-refractivity contribution in [3.8, 4) is 0 Å². The number of carbonyl (C=O) groups is 1. The third-order valence-electron chi connectivity index (χ3n) is 5.84. The average Bonchev–Trinajstić information content (AvgIpc) is 2.88. The smallest absolute Gasteiger partial charge is 0.257 e. The fourth-order valence-corrected chi connectivity index (χ4v) is 4.27. The van der Waals surface area contributed by atoms with Gasteiger partial charge in [-0.15, -0.1) is 0 Å². The van der Waals surface area contributed by atoms with Crippen LogP contribution < -0.4 is 4.90 Å². The SMILES string of the molecule is O=C(c1cncnc1)N1CCN(c2nc(CCc3ccccc3)nc3ccc(Cl)cc23)CC1. The minimum absolute atomic E-state index is 0.0469. The lowest BCUT2D eigenvalue weighted by atomic mass is 10.1. The molecule has 1 fully saturated rings. The zero-order chi connectivity index (χ0) is 22.6. The van der Waals surface area contributed by atoms with Crippen molar-refractivity contribution in [2.75, 3.05) is 31.1 Å². The molecule has 0 spiro atoms. The van der Waals surface area contributed by atoms with Crippen molar-refractivity contribution >= 4 is 34.2 Å². The zero-order valence-corrected chi connectivity index (χ0v) is 18.8. The van der Waals surface area contributed by atoms with E-state index in [1.165, 1.54) is 11.9 Å². The molecule has 4 aromatic rings. The first kappa shape index (κ1) is 21.3. The van der Waals surface area contributed by atoms with Crippen LogP contribution in [0.2, 0.25) is 5.02 Å². The Morgan fingerprint density at radius 3 is 2.42 bits per heavy atom. The molecule has 0 atom stereocenters. The molecule has 0 bridgehead atoms. The van der Waals surface area contributed by atoms with Gasteiger partial charge in [-0.1, -0.05) is 41.9 Å². The Hall–Kier alpha value is -3.58. The number of halogens is 1. The van der Waals surface area contributed by atoms with Crippen LogP contribution in [0.15, 0.2) is 67.3 Å². The van der Waals surface area contributed by atoms with Crippen molar-refractivity contribution < 1.29 is 4.79 Å². The average molecular weight is 459 g/mol. The molecule has 1 saturated heterocycles. The summed E-state index contributed by atoms with van der Waals surface area (Å²) in [5.41, 5.74) is 2.65. The summed E-state index contributed by atoms with van der Waals surface area (Å²) in [6, 6.07) is 16.1. The van der Waals surface area contributed by atoms with Crippen LogP contribution >= 0.6 is 11.6 Å². The van der Waals surface area contributed by atoms with E-state index in [0.717, 1.165) is 35.4 Å². The van der Waals surface area contributed by atoms with E-state index in [1.54, 1.807) is 12.4 Å². The number of aryl methyl sites for hydroxylation is 2. The Kier molecular flexibility index (Phi) is 6.13. The van der Waals surface area contributed by atoms with E-state index in [9.17, 15) is 4.79 Å². The van der Waals surface area contributed by atoms with Gasteiger partial charge in [0.15, 0.2) is 0 Å². The molecule has 7 nitrogen and oxygen atoms in total. The van der Waals surface area contributed by atoms with E-state index in [2.05, 4.69) is 27.0 Å². The van der Waals surface area contributed by atoms with Gasteiger partial charge in [0.05, 0.1) is 11.1 Å². The number of carbonyl (C=O) groups excluding carboxylic acids is 1. The molecule has 0 saturated carbocycles. The summed E-state index contributed by atoms with van der Waals surface area (Å²) < 4.78 is 0. The van der Waals surface area contributed by atoms with Crippen molar-refractivity contribution in [1.82, 2.24) is 24.8 Å². The van der Waals surface area contributed by atoms with Crippen LogP contribution in [-0.2, 0) is 12.8 Å². The number of anilines is 1. The van der Waals surface area contributed by atoms with Gasteiger partial charge >= 0.3 is 0 Å². The van der Waals surface area contributed by atoms with E-state index < -0.39 is 0 Å². The molecular formula is C25H23ClN6O. The highest BCUT2D eigenvalue weighted by Crippen LogP contribution is 2.28. The highest BCUT2D eigenvalue weighted by atomic mass is 35.5. The minimum atomic E-state index is -0.0469. The first-order valence-corrected chi connectivity index (χ1v) is 11.3. The topological polar surface area (TPSA) is 75.1 Å². The van der Waals surface area contributed by atoms with Gasteiger partial charge < -0.3 is 9.80 Å². The Morgan fingerprint density at radius 2 is 1.67 bits per heavy atom. The molecule has 0 N–H and O–H groups in total. The molecule has 5 rings (SSSR count). The van der Waals surface area contributed by atoms with Gasteiger partial charge in [0.25, 0.3) is 5.91 Å². The highest BCUT2D eigenvalue weighted by molar-refractivity contribution is 6.31. The van der Waals surface area contributed by atoms with Crippen LogP contribution in [0.3, 0.4) is 0 Å². The molecule has 166 valence electrons. The summed E-state index contributed by atoms with van der Waals surface area (Å²) in [5.74, 6) is 1.64. The molecule has 0 unspecified atom stereocenters. The number of hydrogen-bond donors (Lipinski definition) is 0. The van der Waals surface area contributed by atoms with E-state index in [1.807, 2.05) is 41.3 Å². The van der Waals surface area contributed by atoms with Crippen molar-refractivity contribution in [3.63, 3.8) is 0 Å². The van der Waals surface area contributed by atoms with Gasteiger partial charge in [-0.3, -0.25) is 4.79 Å². The van der Waals surface area contributed by atoms with Crippen LogP contribution in [0.1, 0.15) is 21.7 Å². The quantitative estimate of drug-likeness (QED) is 0.452. The number of amides is 1. The number of nitrogens with zero attached hydrogens (tertiary/aromatic N) is 6. The standard InChI is InChI=1S/C25H23ClN6O/c26-20-7-8-22-21(14-20)24(30-23(29-22)9-6-18-4-2-1-3-5-18)31-10-12-32(13-11-31)25(33)19-15-27-17-28-16-19/h1-5,7-8,14-17H,6,9-13H2. The van der Waals surface area contributed by atoms with Gasteiger partial charge in [0, 0.05) is 55.4 Å². The molecular weight excluding hydrogens is 436 g/mol. The Morgan fingerprint density at radius 1 is 0.909 bits per heavy atom. The van der Waals surface area contributed by atoms with Gasteiger partial charge in [0.2, 0.25) is 0 Å². The van der Waals surface area contributed by atoms with Crippen LogP contribution in [0, 0.1) is 0 Å². The number of piperazine rings is 1. The molecule has 1 aliphatic heterocycles. The Balaban J connectivity index is 1.37. The normalized spacial score (nSPS) is 14.0. The van der Waals surface area contributed by atoms with E-state index in [4.69, 9.17) is 21.6 Å². The van der Waals surface area contributed by atoms with E-state index >= 15 is 0 Å². The highest BCUT2D eigenvalue weighted by Gasteiger charge is 2.25. The maximum Gasteiger partial charge on any atom is 0.257 e. The van der Waals surface area contributed by atoms with Crippen LogP contribution in [-0.4, -0.2) is 56.9 Å². The predicted octanol–water partition coefficient (Wildman–Crippen LogP) is 3.82. The largest absolute Gasteiger partial charge is 0.352 e. The summed E-state index contributed by atoms with van der Waals surface area (Å²) in [7, 11) is 0. The summed E-state index contributed by atoms with van der Waals surface area (Å²) in [4.78, 5) is 34.5. The van der Waals surface area contributed by atoms with Crippen molar-refractivity contribution in [2.45, 2.75) is 12.8 Å². The van der Waals surface area contributed by atoms with E-state index in [0.29, 0.717) is 36.8 Å². The van der Waals surface area contributed by atoms with Crippen LogP contribution in [0.4, 0.5) is 5.82 Å². The van der Waals surface area contributed by atoms with Gasteiger partial charge in [-0.05, 0) is 30.2 Å². The fraction of sp³-hybridized carbons (Fsp3) is 0.240.